The van der Waals surface area contributed by atoms with Crippen molar-refractivity contribution in [3.63, 3.8) is 0 Å². The van der Waals surface area contributed by atoms with Crippen molar-refractivity contribution in [2.45, 2.75) is 13.1 Å². The summed E-state index contributed by atoms with van der Waals surface area (Å²) in [7, 11) is 4.06. The molecule has 17 heavy (non-hydrogen) atoms. The first-order valence-electron chi connectivity index (χ1n) is 6.06. The highest BCUT2D eigenvalue weighted by molar-refractivity contribution is 5.06. The summed E-state index contributed by atoms with van der Waals surface area (Å²) in [6, 6.07) is 4.06. The van der Waals surface area contributed by atoms with Crippen LogP contribution < -0.4 is 16.4 Å². The summed E-state index contributed by atoms with van der Waals surface area (Å²) < 4.78 is 5.68. The predicted molar refractivity (Wildman–Crippen MR) is 69.7 cm³/mol. The van der Waals surface area contributed by atoms with Gasteiger partial charge in [-0.25, -0.2) is 0 Å². The van der Waals surface area contributed by atoms with Gasteiger partial charge in [0, 0.05) is 26.2 Å². The molecule has 5 heteroatoms. The van der Waals surface area contributed by atoms with Crippen molar-refractivity contribution in [1.29, 1.82) is 0 Å². The number of nitrogens with two attached hydrogens (primary N) is 1. The Morgan fingerprint density at radius 2 is 1.82 bits per heavy atom. The molecule has 0 radical (unpaired) electrons. The van der Waals surface area contributed by atoms with E-state index in [2.05, 4.69) is 15.5 Å². The lowest BCUT2D eigenvalue weighted by atomic mass is 10.4. The first-order chi connectivity index (χ1) is 8.22. The summed E-state index contributed by atoms with van der Waals surface area (Å²) in [6.45, 7) is 5.03. The molecule has 0 bridgehead atoms. The van der Waals surface area contributed by atoms with Crippen molar-refractivity contribution in [2.75, 3.05) is 40.3 Å². The molecule has 0 saturated carbocycles. The van der Waals surface area contributed by atoms with Crippen molar-refractivity contribution in [2.24, 2.45) is 5.73 Å². The lowest BCUT2D eigenvalue weighted by molar-refractivity contribution is 0.339. The summed E-state index contributed by atoms with van der Waals surface area (Å²) in [6.07, 6.45) is 0. The van der Waals surface area contributed by atoms with Crippen molar-refractivity contribution < 1.29 is 4.42 Å². The van der Waals surface area contributed by atoms with Gasteiger partial charge < -0.3 is 25.7 Å². The van der Waals surface area contributed by atoms with Gasteiger partial charge in [-0.2, -0.15) is 0 Å². The topological polar surface area (TPSA) is 66.5 Å². The summed E-state index contributed by atoms with van der Waals surface area (Å²) >= 11 is 0. The fourth-order valence-corrected chi connectivity index (χ4v) is 1.53. The van der Waals surface area contributed by atoms with Gasteiger partial charge in [-0.1, -0.05) is 0 Å². The van der Waals surface area contributed by atoms with Crippen LogP contribution in [0, 0.1) is 0 Å². The summed E-state index contributed by atoms with van der Waals surface area (Å²) in [4.78, 5) is 2.09. The van der Waals surface area contributed by atoms with Gasteiger partial charge >= 0.3 is 0 Å². The van der Waals surface area contributed by atoms with Crippen molar-refractivity contribution in [3.8, 4) is 0 Å². The zero-order valence-electron chi connectivity index (χ0n) is 10.8. The van der Waals surface area contributed by atoms with E-state index in [4.69, 9.17) is 10.2 Å². The number of nitrogens with zero attached hydrogens (tertiary/aromatic N) is 1. The van der Waals surface area contributed by atoms with Crippen LogP contribution in [0.5, 0.6) is 0 Å². The van der Waals surface area contributed by atoms with Crippen LogP contribution >= 0.6 is 0 Å². The zero-order valence-corrected chi connectivity index (χ0v) is 10.8. The van der Waals surface area contributed by atoms with Gasteiger partial charge in [-0.15, -0.1) is 0 Å². The van der Waals surface area contributed by atoms with Crippen molar-refractivity contribution in [1.82, 2.24) is 15.5 Å². The van der Waals surface area contributed by atoms with Gasteiger partial charge in [0.1, 0.15) is 11.5 Å². The third kappa shape index (κ3) is 6.43. The van der Waals surface area contributed by atoms with E-state index in [9.17, 15) is 0 Å². The maximum absolute atomic E-state index is 5.68. The summed E-state index contributed by atoms with van der Waals surface area (Å²) in [5.74, 6) is 1.99. The molecule has 0 saturated heterocycles. The third-order valence-electron chi connectivity index (χ3n) is 2.29. The van der Waals surface area contributed by atoms with E-state index < -0.39 is 0 Å². The Bertz CT molecular complexity index is 298. The molecule has 0 aliphatic heterocycles. The number of hydrogen-bond acceptors (Lipinski definition) is 5. The van der Waals surface area contributed by atoms with Crippen LogP contribution in [0.4, 0.5) is 0 Å². The van der Waals surface area contributed by atoms with Crippen LogP contribution in [0.15, 0.2) is 16.5 Å². The summed E-state index contributed by atoms with van der Waals surface area (Å²) in [5, 5.41) is 6.54. The van der Waals surface area contributed by atoms with Gasteiger partial charge in [0.15, 0.2) is 0 Å². The van der Waals surface area contributed by atoms with Crippen LogP contribution in [-0.4, -0.2) is 45.2 Å². The molecule has 98 valence electrons. The number of furan rings is 1. The molecule has 1 heterocycles. The minimum atomic E-state index is 0.687. The van der Waals surface area contributed by atoms with Crippen LogP contribution in [0.3, 0.4) is 0 Å². The van der Waals surface area contributed by atoms with Gasteiger partial charge in [0.05, 0.1) is 13.1 Å². The molecule has 1 rings (SSSR count). The third-order valence-corrected chi connectivity index (χ3v) is 2.29. The molecule has 0 aliphatic rings. The average Bonchev–Trinajstić information content (AvgIpc) is 2.70. The van der Waals surface area contributed by atoms with Crippen LogP contribution in [0.2, 0.25) is 0 Å². The maximum Gasteiger partial charge on any atom is 0.118 e. The van der Waals surface area contributed by atoms with Crippen LogP contribution in [-0.2, 0) is 13.1 Å². The average molecular weight is 240 g/mol. The van der Waals surface area contributed by atoms with E-state index in [1.165, 1.54) is 0 Å². The molecule has 0 fully saturated rings. The second kappa shape index (κ2) is 8.25. The minimum absolute atomic E-state index is 0.687. The fraction of sp³-hybridized carbons (Fsp3) is 0.667. The molecule has 4 N–H and O–H groups in total. The van der Waals surface area contributed by atoms with E-state index in [1.54, 1.807) is 0 Å². The second-order valence-corrected chi connectivity index (χ2v) is 4.32. The second-order valence-electron chi connectivity index (χ2n) is 4.32. The van der Waals surface area contributed by atoms with Crippen molar-refractivity contribution in [3.05, 3.63) is 23.7 Å². The normalized spacial score (nSPS) is 11.3. The molecule has 0 atom stereocenters. The molecular formula is C12H24N4O. The Hall–Kier alpha value is -0.880. The largest absolute Gasteiger partial charge is 0.463 e. The monoisotopic (exact) mass is 240 g/mol. The first kappa shape index (κ1) is 14.2. The highest BCUT2D eigenvalue weighted by Crippen LogP contribution is 2.08. The molecule has 0 spiro atoms. The molecule has 1 aromatic rings. The quantitative estimate of drug-likeness (QED) is 0.529. The molecule has 1 aromatic heterocycles. The van der Waals surface area contributed by atoms with Gasteiger partial charge in [-0.05, 0) is 26.2 Å². The molecule has 0 aliphatic carbocycles. The van der Waals surface area contributed by atoms with Crippen molar-refractivity contribution >= 4 is 0 Å². The molecule has 5 nitrogen and oxygen atoms in total. The SMILES string of the molecule is CN(C)Cc1ccc(CNCCNCCN)o1. The molecule has 0 amide bonds. The Morgan fingerprint density at radius 1 is 1.12 bits per heavy atom. The highest BCUT2D eigenvalue weighted by Gasteiger charge is 2.02. The predicted octanol–water partition coefficient (Wildman–Crippen LogP) is -0.0209. The first-order valence-corrected chi connectivity index (χ1v) is 6.06. The van der Waals surface area contributed by atoms with Crippen LogP contribution in [0.1, 0.15) is 11.5 Å². The van der Waals surface area contributed by atoms with Gasteiger partial charge in [-0.3, -0.25) is 0 Å². The van der Waals surface area contributed by atoms with E-state index in [1.807, 2.05) is 26.2 Å². The summed E-state index contributed by atoms with van der Waals surface area (Å²) in [5.41, 5.74) is 5.37. The lowest BCUT2D eigenvalue weighted by Crippen LogP contribution is -2.30. The van der Waals surface area contributed by atoms with E-state index >= 15 is 0 Å². The van der Waals surface area contributed by atoms with E-state index in [-0.39, 0.29) is 0 Å². The Morgan fingerprint density at radius 3 is 2.53 bits per heavy atom. The Kier molecular flexibility index (Phi) is 6.88. The highest BCUT2D eigenvalue weighted by atomic mass is 16.3. The Labute approximate surface area is 103 Å². The van der Waals surface area contributed by atoms with E-state index in [0.29, 0.717) is 6.54 Å². The van der Waals surface area contributed by atoms with Gasteiger partial charge in [0.2, 0.25) is 0 Å². The fourth-order valence-electron chi connectivity index (χ4n) is 1.53. The Balaban J connectivity index is 2.12. The lowest BCUT2D eigenvalue weighted by Gasteiger charge is -2.06. The van der Waals surface area contributed by atoms with E-state index in [0.717, 1.165) is 44.2 Å². The zero-order chi connectivity index (χ0) is 12.5. The molecular weight excluding hydrogens is 216 g/mol. The van der Waals surface area contributed by atoms with Gasteiger partial charge in [0.25, 0.3) is 0 Å². The van der Waals surface area contributed by atoms with Crippen LogP contribution in [0.25, 0.3) is 0 Å². The minimum Gasteiger partial charge on any atom is -0.463 e. The standard InChI is InChI=1S/C12H24N4O/c1-16(2)10-12-4-3-11(17-12)9-15-8-7-14-6-5-13/h3-4,14-15H,5-10,13H2,1-2H3. The molecule has 0 unspecified atom stereocenters. The molecule has 0 aromatic carbocycles. The number of nitrogens with one attached hydrogen (secondary N) is 2. The smallest absolute Gasteiger partial charge is 0.118 e. The number of hydrogen-bond donors (Lipinski definition) is 3. The number of rotatable bonds is 9. The maximum atomic E-state index is 5.68.